The highest BCUT2D eigenvalue weighted by Gasteiger charge is 2.54. The van der Waals surface area contributed by atoms with E-state index in [0.29, 0.717) is 23.3 Å². The number of nitrogens with zero attached hydrogens (tertiary/aromatic N) is 1. The Hall–Kier alpha value is -0.120. The smallest absolute Gasteiger partial charge is 0.0706 e. The van der Waals surface area contributed by atoms with E-state index >= 15 is 0 Å². The summed E-state index contributed by atoms with van der Waals surface area (Å²) in [7, 11) is 0. The maximum atomic E-state index is 6.14. The van der Waals surface area contributed by atoms with Crippen LogP contribution in [0.5, 0.6) is 0 Å². The lowest BCUT2D eigenvalue weighted by atomic mass is 9.82. The summed E-state index contributed by atoms with van der Waals surface area (Å²) in [6, 6.07) is 0. The monoisotopic (exact) mass is 292 g/mol. The van der Waals surface area contributed by atoms with Gasteiger partial charge in [-0.3, -0.25) is 4.90 Å². The first-order valence-electron chi connectivity index (χ1n) is 9.15. The second kappa shape index (κ2) is 4.94. The molecule has 4 atom stereocenters. The molecule has 2 aliphatic carbocycles. The van der Waals surface area contributed by atoms with Crippen LogP contribution in [0.2, 0.25) is 0 Å². The van der Waals surface area contributed by atoms with Gasteiger partial charge in [-0.05, 0) is 71.1 Å². The van der Waals surface area contributed by atoms with E-state index < -0.39 is 0 Å². The molecule has 2 saturated heterocycles. The molecule has 0 radical (unpaired) electrons. The van der Waals surface area contributed by atoms with Gasteiger partial charge in [0.15, 0.2) is 0 Å². The zero-order valence-corrected chi connectivity index (χ0v) is 14.0. The van der Waals surface area contributed by atoms with Crippen molar-refractivity contribution >= 4 is 0 Å². The van der Waals surface area contributed by atoms with Crippen LogP contribution in [0.25, 0.3) is 0 Å². The molecule has 0 amide bonds. The fourth-order valence-corrected chi connectivity index (χ4v) is 4.77. The highest BCUT2D eigenvalue weighted by Crippen LogP contribution is 2.48. The molecule has 4 unspecified atom stereocenters. The van der Waals surface area contributed by atoms with Gasteiger partial charge in [0.2, 0.25) is 0 Å². The molecule has 4 aliphatic rings. The number of ether oxygens (including phenoxy) is 1. The van der Waals surface area contributed by atoms with Crippen molar-refractivity contribution in [2.75, 3.05) is 19.6 Å². The minimum atomic E-state index is 0.346. The average molecular weight is 292 g/mol. The Kier molecular flexibility index (Phi) is 3.40. The summed E-state index contributed by atoms with van der Waals surface area (Å²) in [6.07, 6.45) is 9.15. The zero-order valence-electron chi connectivity index (χ0n) is 14.0. The van der Waals surface area contributed by atoms with Crippen molar-refractivity contribution < 1.29 is 4.74 Å². The van der Waals surface area contributed by atoms with Crippen LogP contribution < -0.4 is 5.32 Å². The van der Waals surface area contributed by atoms with Gasteiger partial charge in [0, 0.05) is 30.7 Å². The molecule has 4 fully saturated rings. The largest absolute Gasteiger partial charge is 0.374 e. The van der Waals surface area contributed by atoms with E-state index in [-0.39, 0.29) is 0 Å². The average Bonchev–Trinajstić information content (AvgIpc) is 3.33. The van der Waals surface area contributed by atoms with Crippen LogP contribution in [0.15, 0.2) is 0 Å². The molecular weight excluding hydrogens is 260 g/mol. The SMILES string of the molecule is CC1CCC(CN2CC(C)(C3CC3)NCC2(C)C2CC2)O1. The van der Waals surface area contributed by atoms with Crippen molar-refractivity contribution in [3.8, 4) is 0 Å². The summed E-state index contributed by atoms with van der Waals surface area (Å²) in [4.78, 5) is 2.82. The van der Waals surface area contributed by atoms with Crippen molar-refractivity contribution in [1.29, 1.82) is 0 Å². The van der Waals surface area contributed by atoms with Crippen LogP contribution in [0.4, 0.5) is 0 Å². The van der Waals surface area contributed by atoms with E-state index in [0.717, 1.165) is 18.4 Å². The molecule has 2 heterocycles. The molecule has 0 bridgehead atoms. The first kappa shape index (κ1) is 14.5. The van der Waals surface area contributed by atoms with E-state index in [9.17, 15) is 0 Å². The predicted molar refractivity (Wildman–Crippen MR) is 85.4 cm³/mol. The number of piperazine rings is 1. The fraction of sp³-hybridized carbons (Fsp3) is 1.00. The summed E-state index contributed by atoms with van der Waals surface area (Å²) < 4.78 is 6.14. The number of nitrogens with one attached hydrogen (secondary N) is 1. The van der Waals surface area contributed by atoms with Gasteiger partial charge in [0.05, 0.1) is 12.2 Å². The van der Waals surface area contributed by atoms with Crippen molar-refractivity contribution in [2.45, 2.75) is 82.6 Å². The van der Waals surface area contributed by atoms with Gasteiger partial charge in [-0.15, -0.1) is 0 Å². The van der Waals surface area contributed by atoms with Crippen molar-refractivity contribution in [3.63, 3.8) is 0 Å². The summed E-state index contributed by atoms with van der Waals surface area (Å²) in [5, 5.41) is 3.95. The number of rotatable bonds is 4. The normalized spacial score (nSPS) is 48.7. The first-order chi connectivity index (χ1) is 9.99. The third-order valence-corrected chi connectivity index (χ3v) is 6.77. The lowest BCUT2D eigenvalue weighted by Gasteiger charge is -2.53. The molecule has 2 saturated carbocycles. The molecule has 0 aromatic heterocycles. The fourth-order valence-electron chi connectivity index (χ4n) is 4.77. The van der Waals surface area contributed by atoms with Gasteiger partial charge in [0.1, 0.15) is 0 Å². The highest BCUT2D eigenvalue weighted by molar-refractivity contribution is 5.11. The third-order valence-electron chi connectivity index (χ3n) is 6.77. The summed E-state index contributed by atoms with van der Waals surface area (Å²) in [6.45, 7) is 10.7. The van der Waals surface area contributed by atoms with Gasteiger partial charge in [-0.1, -0.05) is 0 Å². The first-order valence-corrected chi connectivity index (χ1v) is 9.15. The lowest BCUT2D eigenvalue weighted by molar-refractivity contribution is -0.0437. The Morgan fingerprint density at radius 1 is 1.05 bits per heavy atom. The van der Waals surface area contributed by atoms with Crippen LogP contribution in [-0.4, -0.2) is 47.8 Å². The van der Waals surface area contributed by atoms with Gasteiger partial charge in [0.25, 0.3) is 0 Å². The molecule has 2 aliphatic heterocycles. The van der Waals surface area contributed by atoms with Crippen molar-refractivity contribution in [1.82, 2.24) is 10.2 Å². The molecule has 21 heavy (non-hydrogen) atoms. The molecule has 0 aromatic carbocycles. The quantitative estimate of drug-likeness (QED) is 0.862. The third kappa shape index (κ3) is 2.66. The van der Waals surface area contributed by atoms with Gasteiger partial charge in [-0.25, -0.2) is 0 Å². The molecule has 4 rings (SSSR count). The molecule has 0 aromatic rings. The minimum Gasteiger partial charge on any atom is -0.374 e. The molecule has 1 N–H and O–H groups in total. The Balaban J connectivity index is 1.49. The van der Waals surface area contributed by atoms with Crippen LogP contribution in [0.3, 0.4) is 0 Å². The van der Waals surface area contributed by atoms with E-state index in [1.807, 2.05) is 0 Å². The molecule has 120 valence electrons. The van der Waals surface area contributed by atoms with Crippen LogP contribution in [-0.2, 0) is 4.74 Å². The second-order valence-electron chi connectivity index (χ2n) is 8.70. The van der Waals surface area contributed by atoms with E-state index in [4.69, 9.17) is 4.74 Å². The topological polar surface area (TPSA) is 24.5 Å². The van der Waals surface area contributed by atoms with Crippen molar-refractivity contribution in [3.05, 3.63) is 0 Å². The van der Waals surface area contributed by atoms with Crippen LogP contribution in [0.1, 0.15) is 59.3 Å². The van der Waals surface area contributed by atoms with Crippen molar-refractivity contribution in [2.24, 2.45) is 11.8 Å². The summed E-state index contributed by atoms with van der Waals surface area (Å²) >= 11 is 0. The minimum absolute atomic E-state index is 0.346. The van der Waals surface area contributed by atoms with Gasteiger partial charge >= 0.3 is 0 Å². The second-order valence-corrected chi connectivity index (χ2v) is 8.70. The van der Waals surface area contributed by atoms with Gasteiger partial charge < -0.3 is 10.1 Å². The van der Waals surface area contributed by atoms with E-state index in [1.54, 1.807) is 0 Å². The Morgan fingerprint density at radius 3 is 2.33 bits per heavy atom. The lowest BCUT2D eigenvalue weighted by Crippen LogP contribution is -2.70. The number of hydrogen-bond acceptors (Lipinski definition) is 3. The molecule has 3 nitrogen and oxygen atoms in total. The van der Waals surface area contributed by atoms with Crippen LogP contribution in [0, 0.1) is 11.8 Å². The summed E-state index contributed by atoms with van der Waals surface area (Å²) in [5.74, 6) is 1.82. The Morgan fingerprint density at radius 2 is 1.76 bits per heavy atom. The molecule has 3 heteroatoms. The number of hydrogen-bond donors (Lipinski definition) is 1. The maximum absolute atomic E-state index is 6.14. The Labute approximate surface area is 129 Å². The zero-order chi connectivity index (χ0) is 14.7. The molecular formula is C18H32N2O. The van der Waals surface area contributed by atoms with Gasteiger partial charge in [-0.2, -0.15) is 0 Å². The highest BCUT2D eigenvalue weighted by atomic mass is 16.5. The maximum Gasteiger partial charge on any atom is 0.0706 e. The Bertz CT molecular complexity index is 406. The van der Waals surface area contributed by atoms with Crippen LogP contribution >= 0.6 is 0 Å². The molecule has 0 spiro atoms. The predicted octanol–water partition coefficient (Wildman–Crippen LogP) is 2.80. The standard InChI is InChI=1S/C18H32N2O/c1-13-4-9-16(21-13)10-20-12-17(2,14-5-6-14)19-11-18(20,3)15-7-8-15/h13-16,19H,4-12H2,1-3H3. The summed E-state index contributed by atoms with van der Waals surface area (Å²) in [5.41, 5.74) is 0.711. The van der Waals surface area contributed by atoms with E-state index in [2.05, 4.69) is 31.0 Å². The van der Waals surface area contributed by atoms with E-state index in [1.165, 1.54) is 51.6 Å².